The van der Waals surface area contributed by atoms with E-state index in [2.05, 4.69) is 0 Å². The Hall–Kier alpha value is -3.04. The van der Waals surface area contributed by atoms with E-state index < -0.39 is 24.1 Å². The second-order valence-corrected chi connectivity index (χ2v) is 9.92. The average molecular weight is 491 g/mol. The average Bonchev–Trinajstić information content (AvgIpc) is 3.38. The number of fused-ring (bicyclic) bond motifs is 3. The fraction of sp³-hybridized carbons (Fsp3) is 0.560. The molecule has 1 fully saturated rings. The lowest BCUT2D eigenvalue weighted by atomic mass is 9.75. The monoisotopic (exact) mass is 490 g/mol. The van der Waals surface area contributed by atoms with Crippen molar-refractivity contribution in [2.45, 2.75) is 76.7 Å². The Kier molecular flexibility index (Phi) is 5.80. The number of aryl methyl sites for hydroxylation is 1. The van der Waals surface area contributed by atoms with Crippen molar-refractivity contribution in [1.29, 1.82) is 0 Å². The fourth-order valence-corrected chi connectivity index (χ4v) is 5.53. The summed E-state index contributed by atoms with van der Waals surface area (Å²) in [6.07, 6.45) is -3.24. The van der Waals surface area contributed by atoms with Gasteiger partial charge >= 0.3 is 12.3 Å². The third kappa shape index (κ3) is 4.16. The molecular weight excluding hydrogens is 461 g/mol. The molecular formula is C25H29F3N4O3. The minimum atomic E-state index is -4.20. The molecule has 3 heterocycles. The molecule has 1 aromatic carbocycles. The summed E-state index contributed by atoms with van der Waals surface area (Å²) in [5.74, 6) is 0.504. The number of halogens is 3. The van der Waals surface area contributed by atoms with Crippen LogP contribution in [0.15, 0.2) is 24.3 Å². The summed E-state index contributed by atoms with van der Waals surface area (Å²) in [6.45, 7) is 4.44. The van der Waals surface area contributed by atoms with Crippen molar-refractivity contribution < 1.29 is 27.5 Å². The molecule has 1 saturated heterocycles. The first-order valence-electron chi connectivity index (χ1n) is 12.1. The van der Waals surface area contributed by atoms with E-state index >= 15 is 0 Å². The van der Waals surface area contributed by atoms with Gasteiger partial charge in [0, 0.05) is 37.4 Å². The Morgan fingerprint density at radius 1 is 1.20 bits per heavy atom. The number of hydrogen-bond donors (Lipinski definition) is 0. The Balaban J connectivity index is 1.39. The SMILES string of the molecule is CC(C)OC(=O)N1CC2(C1)C(=O)N(Cc1nc3c(n1CCCC(F)(F)F)CCC3)c1ccccc12. The van der Waals surface area contributed by atoms with E-state index in [4.69, 9.17) is 9.72 Å². The van der Waals surface area contributed by atoms with Crippen LogP contribution in [0.5, 0.6) is 0 Å². The van der Waals surface area contributed by atoms with E-state index in [1.807, 2.05) is 28.8 Å². The molecule has 3 aliphatic rings. The smallest absolute Gasteiger partial charge is 0.410 e. The minimum Gasteiger partial charge on any atom is -0.447 e. The van der Waals surface area contributed by atoms with Gasteiger partial charge in [-0.25, -0.2) is 9.78 Å². The van der Waals surface area contributed by atoms with Crippen LogP contribution in [0.25, 0.3) is 0 Å². The maximum Gasteiger partial charge on any atom is 0.410 e. The van der Waals surface area contributed by atoms with Crippen LogP contribution in [0.2, 0.25) is 0 Å². The third-order valence-corrected chi connectivity index (χ3v) is 7.08. The number of carbonyl (C=O) groups excluding carboxylic acids is 2. The van der Waals surface area contributed by atoms with Crippen molar-refractivity contribution >= 4 is 17.7 Å². The summed E-state index contributed by atoms with van der Waals surface area (Å²) in [4.78, 5) is 34.1. The number of alkyl halides is 3. The number of ether oxygens (including phenoxy) is 1. The van der Waals surface area contributed by atoms with E-state index in [1.165, 1.54) is 4.90 Å². The van der Waals surface area contributed by atoms with Crippen LogP contribution in [0.4, 0.5) is 23.7 Å². The molecule has 1 aromatic heterocycles. The predicted molar refractivity (Wildman–Crippen MR) is 122 cm³/mol. The summed E-state index contributed by atoms with van der Waals surface area (Å²) in [5.41, 5.74) is 2.71. The molecule has 0 bridgehead atoms. The van der Waals surface area contributed by atoms with E-state index in [9.17, 15) is 22.8 Å². The van der Waals surface area contributed by atoms with Crippen molar-refractivity contribution in [3.63, 3.8) is 0 Å². The lowest BCUT2D eigenvalue weighted by Gasteiger charge is -2.46. The van der Waals surface area contributed by atoms with Crippen molar-refractivity contribution in [2.24, 2.45) is 0 Å². The Labute approximate surface area is 201 Å². The van der Waals surface area contributed by atoms with Crippen molar-refractivity contribution in [3.05, 3.63) is 47.0 Å². The molecule has 2 aromatic rings. The van der Waals surface area contributed by atoms with Crippen LogP contribution in [-0.4, -0.2) is 51.8 Å². The molecule has 0 radical (unpaired) electrons. The molecule has 1 aliphatic carbocycles. The highest BCUT2D eigenvalue weighted by Crippen LogP contribution is 2.48. The molecule has 188 valence electrons. The van der Waals surface area contributed by atoms with Gasteiger partial charge in [-0.05, 0) is 51.2 Å². The number of likely N-dealkylation sites (tertiary alicyclic amines) is 1. The molecule has 7 nitrogen and oxygen atoms in total. The van der Waals surface area contributed by atoms with Gasteiger partial charge in [0.15, 0.2) is 0 Å². The Morgan fingerprint density at radius 3 is 2.66 bits per heavy atom. The van der Waals surface area contributed by atoms with E-state index in [-0.39, 0.29) is 44.6 Å². The standard InChI is InChI=1S/C25H29F3N4O3/c1-16(2)35-23(34)30-14-24(15-30)17-7-3-4-9-19(17)32(22(24)33)13-21-29-18-8-5-10-20(18)31(21)12-6-11-25(26,27)28/h3-4,7,9,16H,5-6,8,10-15H2,1-2H3. The Bertz CT molecular complexity index is 1150. The number of hydrogen-bond acceptors (Lipinski definition) is 4. The number of anilines is 1. The highest BCUT2D eigenvalue weighted by Gasteiger charge is 2.59. The van der Waals surface area contributed by atoms with Gasteiger partial charge in [-0.15, -0.1) is 0 Å². The lowest BCUT2D eigenvalue weighted by molar-refractivity contribution is -0.136. The number of aromatic nitrogens is 2. The van der Waals surface area contributed by atoms with E-state index in [0.717, 1.165) is 41.9 Å². The third-order valence-electron chi connectivity index (χ3n) is 7.08. The maximum absolute atomic E-state index is 13.8. The zero-order valence-corrected chi connectivity index (χ0v) is 19.9. The Morgan fingerprint density at radius 2 is 1.94 bits per heavy atom. The topological polar surface area (TPSA) is 67.7 Å². The van der Waals surface area contributed by atoms with Crippen LogP contribution < -0.4 is 4.90 Å². The van der Waals surface area contributed by atoms with Crippen molar-refractivity contribution in [2.75, 3.05) is 18.0 Å². The number of para-hydroxylation sites is 1. The van der Waals surface area contributed by atoms with Crippen LogP contribution in [0.1, 0.15) is 55.9 Å². The lowest BCUT2D eigenvalue weighted by Crippen LogP contribution is -2.65. The van der Waals surface area contributed by atoms with Gasteiger partial charge < -0.3 is 19.1 Å². The zero-order valence-electron chi connectivity index (χ0n) is 19.9. The molecule has 0 saturated carbocycles. The number of imidazole rings is 1. The molecule has 5 rings (SSSR count). The molecule has 2 amide bonds. The second kappa shape index (κ2) is 8.57. The first-order valence-corrected chi connectivity index (χ1v) is 12.1. The first kappa shape index (κ1) is 23.7. The van der Waals surface area contributed by atoms with Crippen molar-refractivity contribution in [1.82, 2.24) is 14.5 Å². The molecule has 10 heteroatoms. The van der Waals surface area contributed by atoms with Crippen LogP contribution in [0, 0.1) is 0 Å². The second-order valence-electron chi connectivity index (χ2n) is 9.92. The van der Waals surface area contributed by atoms with Crippen LogP contribution >= 0.6 is 0 Å². The first-order chi connectivity index (χ1) is 16.6. The van der Waals surface area contributed by atoms with Gasteiger partial charge in [-0.2, -0.15) is 13.2 Å². The summed E-state index contributed by atoms with van der Waals surface area (Å²) in [7, 11) is 0. The fourth-order valence-electron chi connectivity index (χ4n) is 5.53. The van der Waals surface area contributed by atoms with E-state index in [0.29, 0.717) is 5.82 Å². The highest BCUT2D eigenvalue weighted by molar-refractivity contribution is 6.09. The van der Waals surface area contributed by atoms with Gasteiger partial charge in [0.25, 0.3) is 0 Å². The van der Waals surface area contributed by atoms with Gasteiger partial charge in [0.05, 0.1) is 18.3 Å². The molecule has 35 heavy (non-hydrogen) atoms. The summed E-state index contributed by atoms with van der Waals surface area (Å²) in [5, 5.41) is 0. The van der Waals surface area contributed by atoms with Crippen LogP contribution in [0.3, 0.4) is 0 Å². The van der Waals surface area contributed by atoms with Gasteiger partial charge in [-0.1, -0.05) is 18.2 Å². The number of carbonyl (C=O) groups is 2. The highest BCUT2D eigenvalue weighted by atomic mass is 19.4. The van der Waals surface area contributed by atoms with Gasteiger partial charge in [0.2, 0.25) is 5.91 Å². The number of rotatable bonds is 6. The molecule has 0 atom stereocenters. The van der Waals surface area contributed by atoms with E-state index in [1.54, 1.807) is 18.7 Å². The maximum atomic E-state index is 13.8. The minimum absolute atomic E-state index is 0.0271. The number of benzene rings is 1. The largest absolute Gasteiger partial charge is 0.447 e. The molecule has 0 unspecified atom stereocenters. The van der Waals surface area contributed by atoms with Gasteiger partial charge in [-0.3, -0.25) is 4.79 Å². The molecule has 0 N–H and O–H groups in total. The zero-order chi connectivity index (χ0) is 25.0. The predicted octanol–water partition coefficient (Wildman–Crippen LogP) is 4.36. The summed E-state index contributed by atoms with van der Waals surface area (Å²) >= 11 is 0. The summed E-state index contributed by atoms with van der Waals surface area (Å²) < 4.78 is 45.5. The quantitative estimate of drug-likeness (QED) is 0.604. The van der Waals surface area contributed by atoms with Crippen molar-refractivity contribution in [3.8, 4) is 0 Å². The molecule has 2 aliphatic heterocycles. The van der Waals surface area contributed by atoms with Gasteiger partial charge in [0.1, 0.15) is 11.2 Å². The number of nitrogens with zero attached hydrogens (tertiary/aromatic N) is 4. The molecule has 1 spiro atoms. The summed E-state index contributed by atoms with van der Waals surface area (Å²) in [6, 6.07) is 7.52. The number of amides is 2. The van der Waals surface area contributed by atoms with Crippen LogP contribution in [-0.2, 0) is 40.9 Å². The normalized spacial score (nSPS) is 18.3.